The van der Waals surface area contributed by atoms with Crippen LogP contribution in [-0.2, 0) is 14.4 Å². The number of benzene rings is 3. The fourth-order valence-electron chi connectivity index (χ4n) is 8.35. The Morgan fingerprint density at radius 1 is 1.00 bits per heavy atom. The van der Waals surface area contributed by atoms with Crippen LogP contribution in [0, 0.1) is 39.7 Å². The smallest absolute Gasteiger partial charge is 0.305 e. The number of non-ortho nitro benzene ring substituents is 1. The number of anilines is 2. The van der Waals surface area contributed by atoms with Gasteiger partial charge in [0, 0.05) is 38.9 Å². The maximum absolute atomic E-state index is 14.1. The predicted octanol–water partition coefficient (Wildman–Crippen LogP) is 6.09. The summed E-state index contributed by atoms with van der Waals surface area (Å²) in [4.78, 5) is 68.9. The largest absolute Gasteiger partial charge is 0.490 e. The number of halogens is 1. The van der Waals surface area contributed by atoms with Crippen LogP contribution in [0.3, 0.4) is 0 Å². The Hall–Kier alpha value is -4.66. The highest BCUT2D eigenvalue weighted by atomic mass is 35.5. The number of hydrogen-bond acceptors (Lipinski definition) is 10. The Balaban J connectivity index is 1.09. The van der Waals surface area contributed by atoms with E-state index in [2.05, 4.69) is 10.3 Å². The van der Waals surface area contributed by atoms with Crippen molar-refractivity contribution in [3.63, 3.8) is 0 Å². The van der Waals surface area contributed by atoms with Crippen LogP contribution in [0.5, 0.6) is 11.5 Å². The second-order valence-electron chi connectivity index (χ2n) is 12.7. The number of hydrogen-bond donors (Lipinski definition) is 2. The average Bonchev–Trinajstić information content (AvgIpc) is 3.84. The van der Waals surface area contributed by atoms with E-state index in [1.165, 1.54) is 29.2 Å². The molecule has 3 aromatic carbocycles. The highest BCUT2D eigenvalue weighted by molar-refractivity contribution is 8.00. The van der Waals surface area contributed by atoms with E-state index in [0.29, 0.717) is 40.9 Å². The molecular formula is C35H29ClN4O8S2. The summed E-state index contributed by atoms with van der Waals surface area (Å²) in [5, 5.41) is 15.3. The van der Waals surface area contributed by atoms with Gasteiger partial charge in [-0.05, 0) is 85.2 Å². The fourth-order valence-corrected chi connectivity index (χ4v) is 11.4. The van der Waals surface area contributed by atoms with E-state index in [9.17, 15) is 29.3 Å². The first-order valence-corrected chi connectivity index (χ1v) is 18.2. The monoisotopic (exact) mass is 732 g/mol. The quantitative estimate of drug-likeness (QED) is 0.118. The Morgan fingerprint density at radius 2 is 1.72 bits per heavy atom. The first kappa shape index (κ1) is 32.5. The van der Waals surface area contributed by atoms with E-state index in [1.54, 1.807) is 42.1 Å². The van der Waals surface area contributed by atoms with E-state index in [0.717, 1.165) is 26.8 Å². The number of carbonyl (C=O) groups excluding carboxylic acids is 3. The Kier molecular flexibility index (Phi) is 8.19. The van der Waals surface area contributed by atoms with Gasteiger partial charge in [-0.2, -0.15) is 0 Å². The lowest BCUT2D eigenvalue weighted by molar-refractivity contribution is -0.384. The minimum Gasteiger partial charge on any atom is -0.490 e. The molecule has 0 spiro atoms. The SMILES string of the molecule is CCOc1cc([C@@H]2c3sc(=O)[nH]c3S[C@@H]3[C@@H]4C[C@@H]([C@@H]5C(=O)N(c6ccc([N+](=O)[O-])cc6)C(=O)[C@@H]45)[C@H]23)ccc1OCC(=O)Nc1ccc(Cl)cc1. The van der Waals surface area contributed by atoms with Crippen molar-refractivity contribution in [1.82, 2.24) is 4.98 Å². The molecule has 3 fully saturated rings. The molecule has 1 aromatic heterocycles. The molecule has 4 aromatic rings. The molecule has 0 unspecified atom stereocenters. The van der Waals surface area contributed by atoms with Gasteiger partial charge in [0.25, 0.3) is 11.6 Å². The first-order valence-electron chi connectivity index (χ1n) is 16.1. The summed E-state index contributed by atoms with van der Waals surface area (Å²) in [5.74, 6) is -1.64. The van der Waals surface area contributed by atoms with Crippen molar-refractivity contribution in [1.29, 1.82) is 0 Å². The number of aromatic amines is 1. The fraction of sp³-hybridized carbons (Fsp3) is 0.314. The van der Waals surface area contributed by atoms with Gasteiger partial charge in [0.15, 0.2) is 18.1 Å². The topological polar surface area (TPSA) is 161 Å². The van der Waals surface area contributed by atoms with Crippen LogP contribution >= 0.6 is 34.7 Å². The lowest BCUT2D eigenvalue weighted by atomic mass is 9.68. The number of thioether (sulfide) groups is 1. The molecule has 3 amide bonds. The summed E-state index contributed by atoms with van der Waals surface area (Å²) in [6.07, 6.45) is 0.709. The lowest BCUT2D eigenvalue weighted by Crippen LogP contribution is -2.42. The summed E-state index contributed by atoms with van der Waals surface area (Å²) >= 11 is 8.68. The number of H-pyrrole nitrogens is 1. The van der Waals surface area contributed by atoms with Crippen molar-refractivity contribution in [2.45, 2.75) is 29.5 Å². The Morgan fingerprint density at radius 3 is 2.42 bits per heavy atom. The molecule has 50 heavy (non-hydrogen) atoms. The summed E-state index contributed by atoms with van der Waals surface area (Å²) in [6, 6.07) is 17.8. The molecule has 3 heterocycles. The van der Waals surface area contributed by atoms with Crippen molar-refractivity contribution in [2.24, 2.45) is 29.6 Å². The Bertz CT molecular complexity index is 2100. The van der Waals surface area contributed by atoms with Crippen molar-refractivity contribution in [3.05, 3.63) is 102 Å². The zero-order valence-electron chi connectivity index (χ0n) is 26.4. The molecule has 2 aliphatic carbocycles. The third-order valence-corrected chi connectivity index (χ3v) is 13.0. The normalized spacial score (nSPS) is 26.0. The zero-order valence-corrected chi connectivity index (χ0v) is 28.8. The van der Waals surface area contributed by atoms with E-state index in [1.807, 2.05) is 19.1 Å². The molecule has 0 radical (unpaired) electrons. The summed E-state index contributed by atoms with van der Waals surface area (Å²) < 4.78 is 11.9. The number of ether oxygens (including phenoxy) is 2. The molecule has 15 heteroatoms. The molecule has 2 saturated carbocycles. The van der Waals surface area contributed by atoms with E-state index in [-0.39, 0.29) is 63.8 Å². The molecule has 2 N–H and O–H groups in total. The maximum atomic E-state index is 14.1. The molecule has 4 aliphatic rings. The maximum Gasteiger partial charge on any atom is 0.305 e. The number of amides is 3. The summed E-state index contributed by atoms with van der Waals surface area (Å²) in [6.45, 7) is 1.93. The number of nitrogens with one attached hydrogen (secondary N) is 2. The van der Waals surface area contributed by atoms with Crippen molar-refractivity contribution in [3.8, 4) is 11.5 Å². The van der Waals surface area contributed by atoms with Gasteiger partial charge >= 0.3 is 4.87 Å². The predicted molar refractivity (Wildman–Crippen MR) is 187 cm³/mol. The highest BCUT2D eigenvalue weighted by Gasteiger charge is 2.69. The molecule has 256 valence electrons. The van der Waals surface area contributed by atoms with Gasteiger partial charge in [0.05, 0.1) is 34.1 Å². The molecule has 8 rings (SSSR count). The van der Waals surface area contributed by atoms with Gasteiger partial charge in [-0.25, -0.2) is 0 Å². The van der Waals surface area contributed by atoms with E-state index < -0.39 is 16.8 Å². The minimum absolute atomic E-state index is 0.0272. The first-order chi connectivity index (χ1) is 24.1. The van der Waals surface area contributed by atoms with Gasteiger partial charge < -0.3 is 19.8 Å². The number of imide groups is 1. The minimum atomic E-state index is -0.530. The molecule has 12 nitrogen and oxygen atoms in total. The van der Waals surface area contributed by atoms with Crippen LogP contribution < -0.4 is 24.6 Å². The van der Waals surface area contributed by atoms with Gasteiger partial charge in [-0.1, -0.05) is 29.0 Å². The van der Waals surface area contributed by atoms with Gasteiger partial charge in [-0.15, -0.1) is 11.8 Å². The van der Waals surface area contributed by atoms with Crippen LogP contribution in [-0.4, -0.2) is 46.1 Å². The van der Waals surface area contributed by atoms with Crippen LogP contribution in [0.4, 0.5) is 17.1 Å². The molecular weight excluding hydrogens is 704 g/mol. The number of fused-ring (bicyclic) bond motifs is 9. The van der Waals surface area contributed by atoms with E-state index >= 15 is 0 Å². The third kappa shape index (κ3) is 5.37. The number of thiazole rings is 1. The third-order valence-electron chi connectivity index (χ3n) is 10.2. The van der Waals surface area contributed by atoms with Crippen molar-refractivity contribution in [2.75, 3.05) is 23.4 Å². The number of aromatic nitrogens is 1. The second-order valence-corrected chi connectivity index (χ2v) is 15.4. The van der Waals surface area contributed by atoms with E-state index in [4.69, 9.17) is 21.1 Å². The molecule has 7 atom stereocenters. The number of carbonyl (C=O) groups is 3. The lowest BCUT2D eigenvalue weighted by Gasteiger charge is -2.43. The van der Waals surface area contributed by atoms with Crippen LogP contribution in [0.2, 0.25) is 5.02 Å². The zero-order chi connectivity index (χ0) is 34.8. The summed E-state index contributed by atoms with van der Waals surface area (Å²) in [5.41, 5.74) is 1.67. The molecule has 1 saturated heterocycles. The molecule has 2 bridgehead atoms. The number of rotatable bonds is 9. The number of nitro benzene ring substituents is 1. The second kappa shape index (κ2) is 12.6. The standard InChI is InChI=1S/C35H29ClN4O8S2/c1-2-47-24-13-16(3-12-23(24)48-15-25(41)37-18-6-4-17(36)5-7-18)26-27-21-14-22(30(27)49-32-31(26)50-35(44)38-32)29-28(21)33(42)39(34(29)43)19-8-10-20(11-9-19)40(45)46/h3-13,21-22,26-30H,2,14-15H2,1H3,(H,37,41)(H,38,44)/t21-,22-,26+,27-,28+,29+,30-/m1/s1. The summed E-state index contributed by atoms with van der Waals surface area (Å²) in [7, 11) is 0. The molecule has 2 aliphatic heterocycles. The number of nitro groups is 1. The van der Waals surface area contributed by atoms with Crippen LogP contribution in [0.25, 0.3) is 0 Å². The average molecular weight is 733 g/mol. The number of nitrogens with zero attached hydrogens (tertiary/aromatic N) is 2. The van der Waals surface area contributed by atoms with Crippen molar-refractivity contribution >= 4 is 69.5 Å². The highest BCUT2D eigenvalue weighted by Crippen LogP contribution is 2.68. The van der Waals surface area contributed by atoms with Crippen LogP contribution in [0.1, 0.15) is 29.7 Å². The Labute approximate surface area is 298 Å². The van der Waals surface area contributed by atoms with Gasteiger partial charge in [0.1, 0.15) is 0 Å². The van der Waals surface area contributed by atoms with Crippen LogP contribution in [0.15, 0.2) is 76.6 Å². The van der Waals surface area contributed by atoms with Crippen molar-refractivity contribution < 1.29 is 28.8 Å². The van der Waals surface area contributed by atoms with Gasteiger partial charge in [-0.3, -0.25) is 34.2 Å². The van der Waals surface area contributed by atoms with Gasteiger partial charge in [0.2, 0.25) is 11.8 Å².